The molecule has 0 aromatic carbocycles. The summed E-state index contributed by atoms with van der Waals surface area (Å²) >= 11 is 0. The van der Waals surface area contributed by atoms with Crippen molar-refractivity contribution in [3.8, 4) is 12.1 Å². The van der Waals surface area contributed by atoms with Crippen molar-refractivity contribution < 1.29 is 0 Å². The van der Waals surface area contributed by atoms with Crippen LogP contribution in [0.3, 0.4) is 0 Å². The molecule has 0 fully saturated rings. The van der Waals surface area contributed by atoms with Gasteiger partial charge < -0.3 is 0 Å². The van der Waals surface area contributed by atoms with Crippen LogP contribution < -0.4 is 0 Å². The molecule has 0 aliphatic rings. The molecule has 0 heterocycles. The molecule has 9 heavy (non-hydrogen) atoms. The summed E-state index contributed by atoms with van der Waals surface area (Å²) in [6.45, 7) is 0. The Balaban J connectivity index is 3.04. The predicted molar refractivity (Wildman–Crippen MR) is 34.2 cm³/mol. The van der Waals surface area contributed by atoms with Crippen LogP contribution in [0.5, 0.6) is 0 Å². The Labute approximate surface area is 55.0 Å². The first kappa shape index (κ1) is 7.72. The third-order valence-electron chi connectivity index (χ3n) is 0.852. The van der Waals surface area contributed by atoms with Crippen molar-refractivity contribution >= 4 is 0 Å². The van der Waals surface area contributed by atoms with Crippen molar-refractivity contribution in [2.24, 2.45) is 0 Å². The normalized spacial score (nSPS) is 8.67. The molecule has 2 heteroatoms. The summed E-state index contributed by atoms with van der Waals surface area (Å²) in [4.78, 5) is 0. The zero-order valence-electron chi connectivity index (χ0n) is 5.17. The highest BCUT2D eigenvalue weighted by atomic mass is 14.2. The lowest BCUT2D eigenvalue weighted by Crippen LogP contribution is -1.66. The molecule has 0 saturated carbocycles. The Morgan fingerprint density at radius 2 is 2.11 bits per heavy atom. The number of hydrogen-bond acceptors (Lipinski definition) is 2. The van der Waals surface area contributed by atoms with Crippen LogP contribution in [0.15, 0.2) is 12.2 Å². The molecule has 0 bridgehead atoms. The zero-order valence-corrected chi connectivity index (χ0v) is 5.17. The molecular formula is C7H8N2. The quantitative estimate of drug-likeness (QED) is 0.421. The highest BCUT2D eigenvalue weighted by Crippen LogP contribution is 1.93. The summed E-state index contributed by atoms with van der Waals surface area (Å²) in [5.74, 6) is 0. The van der Waals surface area contributed by atoms with Gasteiger partial charge in [-0.15, -0.1) is 0 Å². The van der Waals surface area contributed by atoms with E-state index in [2.05, 4.69) is 0 Å². The Morgan fingerprint density at radius 1 is 1.33 bits per heavy atom. The number of rotatable bonds is 3. The summed E-state index contributed by atoms with van der Waals surface area (Å²) < 4.78 is 0. The molecule has 0 aromatic heterocycles. The molecule has 0 rings (SSSR count). The van der Waals surface area contributed by atoms with Crippen LogP contribution in [-0.2, 0) is 0 Å². The lowest BCUT2D eigenvalue weighted by molar-refractivity contribution is 0.877. The minimum absolute atomic E-state index is 0.579. The minimum Gasteiger partial charge on any atom is -0.198 e. The highest BCUT2D eigenvalue weighted by Gasteiger charge is 1.78. The average Bonchev–Trinajstić information content (AvgIpc) is 1.89. The third kappa shape index (κ3) is 6.72. The SMILES string of the molecule is N#CC=CCCCC#N. The maximum Gasteiger partial charge on any atom is 0.0908 e. The van der Waals surface area contributed by atoms with Gasteiger partial charge in [-0.25, -0.2) is 0 Å². The second-order valence-corrected chi connectivity index (χ2v) is 1.58. The van der Waals surface area contributed by atoms with Gasteiger partial charge in [0.25, 0.3) is 0 Å². The molecule has 0 unspecified atom stereocenters. The molecule has 0 radical (unpaired) electrons. The molecule has 0 amide bonds. The van der Waals surface area contributed by atoms with E-state index in [0.29, 0.717) is 6.42 Å². The van der Waals surface area contributed by atoms with Gasteiger partial charge in [0.05, 0.1) is 12.1 Å². The average molecular weight is 120 g/mol. The number of nitrogens with zero attached hydrogens (tertiary/aromatic N) is 2. The van der Waals surface area contributed by atoms with Gasteiger partial charge in [0.1, 0.15) is 0 Å². The van der Waals surface area contributed by atoms with E-state index < -0.39 is 0 Å². The second-order valence-electron chi connectivity index (χ2n) is 1.58. The van der Waals surface area contributed by atoms with Crippen LogP contribution >= 0.6 is 0 Å². The van der Waals surface area contributed by atoms with Crippen LogP contribution in [0, 0.1) is 22.7 Å². The minimum atomic E-state index is 0.579. The molecule has 0 aliphatic heterocycles. The van der Waals surface area contributed by atoms with Crippen LogP contribution in [0.25, 0.3) is 0 Å². The summed E-state index contributed by atoms with van der Waals surface area (Å²) in [6, 6.07) is 3.91. The van der Waals surface area contributed by atoms with Crippen LogP contribution in [0.4, 0.5) is 0 Å². The smallest absolute Gasteiger partial charge is 0.0908 e. The molecule has 0 N–H and O–H groups in total. The number of nitriles is 2. The first-order valence-electron chi connectivity index (χ1n) is 2.83. The monoisotopic (exact) mass is 120 g/mol. The van der Waals surface area contributed by atoms with Crippen molar-refractivity contribution in [3.05, 3.63) is 12.2 Å². The van der Waals surface area contributed by atoms with Crippen LogP contribution in [0.1, 0.15) is 19.3 Å². The number of unbranched alkanes of at least 4 members (excludes halogenated alkanes) is 2. The Kier molecular flexibility index (Phi) is 5.76. The topological polar surface area (TPSA) is 47.6 Å². The first-order chi connectivity index (χ1) is 4.41. The third-order valence-corrected chi connectivity index (χ3v) is 0.852. The molecule has 0 atom stereocenters. The fourth-order valence-corrected chi connectivity index (χ4v) is 0.435. The summed E-state index contributed by atoms with van der Waals surface area (Å²) in [6.07, 6.45) is 5.49. The molecule has 0 saturated heterocycles. The lowest BCUT2D eigenvalue weighted by atomic mass is 10.2. The lowest BCUT2D eigenvalue weighted by Gasteiger charge is -1.81. The maximum atomic E-state index is 8.08. The van der Waals surface area contributed by atoms with Crippen LogP contribution in [0.2, 0.25) is 0 Å². The van der Waals surface area contributed by atoms with E-state index in [1.54, 1.807) is 6.08 Å². The fraction of sp³-hybridized carbons (Fsp3) is 0.429. The Morgan fingerprint density at radius 3 is 2.67 bits per heavy atom. The number of allylic oxidation sites excluding steroid dienone is 2. The van der Waals surface area contributed by atoms with E-state index in [9.17, 15) is 0 Å². The molecule has 46 valence electrons. The van der Waals surface area contributed by atoms with Crippen molar-refractivity contribution in [2.45, 2.75) is 19.3 Å². The second kappa shape index (κ2) is 6.72. The fourth-order valence-electron chi connectivity index (χ4n) is 0.435. The molecule has 0 spiro atoms. The van der Waals surface area contributed by atoms with Gasteiger partial charge in [0.15, 0.2) is 0 Å². The van der Waals surface area contributed by atoms with Gasteiger partial charge >= 0.3 is 0 Å². The Hall–Kier alpha value is -1.28. The van der Waals surface area contributed by atoms with E-state index in [-0.39, 0.29) is 0 Å². The summed E-state index contributed by atoms with van der Waals surface area (Å²) in [5.41, 5.74) is 0. The van der Waals surface area contributed by atoms with E-state index in [1.807, 2.05) is 12.1 Å². The van der Waals surface area contributed by atoms with Crippen molar-refractivity contribution in [2.75, 3.05) is 0 Å². The Bertz CT molecular complexity index is 157. The molecular weight excluding hydrogens is 112 g/mol. The van der Waals surface area contributed by atoms with Crippen molar-refractivity contribution in [1.82, 2.24) is 0 Å². The van der Waals surface area contributed by atoms with E-state index in [1.165, 1.54) is 6.08 Å². The van der Waals surface area contributed by atoms with E-state index in [0.717, 1.165) is 12.8 Å². The summed E-state index contributed by atoms with van der Waals surface area (Å²) in [5, 5.41) is 16.1. The van der Waals surface area contributed by atoms with Crippen LogP contribution in [-0.4, -0.2) is 0 Å². The van der Waals surface area contributed by atoms with Gasteiger partial charge in [0, 0.05) is 12.5 Å². The number of hydrogen-bond donors (Lipinski definition) is 0. The highest BCUT2D eigenvalue weighted by molar-refractivity contribution is 5.01. The van der Waals surface area contributed by atoms with Gasteiger partial charge in [-0.2, -0.15) is 10.5 Å². The van der Waals surface area contributed by atoms with Crippen molar-refractivity contribution in [1.29, 1.82) is 10.5 Å². The van der Waals surface area contributed by atoms with Gasteiger partial charge in [0.2, 0.25) is 0 Å². The predicted octanol–water partition coefficient (Wildman–Crippen LogP) is 1.76. The largest absolute Gasteiger partial charge is 0.198 e. The standard InChI is InChI=1S/C7H8N2/c8-6-4-2-1-3-5-7-9/h2,4H,1,3,5H2. The van der Waals surface area contributed by atoms with Gasteiger partial charge in [-0.05, 0) is 12.8 Å². The molecule has 2 nitrogen and oxygen atoms in total. The maximum absolute atomic E-state index is 8.08. The van der Waals surface area contributed by atoms with Gasteiger partial charge in [-0.1, -0.05) is 6.08 Å². The van der Waals surface area contributed by atoms with Gasteiger partial charge in [-0.3, -0.25) is 0 Å². The summed E-state index contributed by atoms with van der Waals surface area (Å²) in [7, 11) is 0. The zero-order chi connectivity index (χ0) is 6.95. The molecule has 0 aromatic rings. The van der Waals surface area contributed by atoms with Crippen molar-refractivity contribution in [3.63, 3.8) is 0 Å². The van der Waals surface area contributed by atoms with E-state index >= 15 is 0 Å². The first-order valence-corrected chi connectivity index (χ1v) is 2.83. The molecule has 0 aliphatic carbocycles. The van der Waals surface area contributed by atoms with E-state index in [4.69, 9.17) is 10.5 Å².